The van der Waals surface area contributed by atoms with Crippen LogP contribution in [0.1, 0.15) is 0 Å². The van der Waals surface area contributed by atoms with Gasteiger partial charge in [0.1, 0.15) is 24.1 Å². The first-order valence-electron chi connectivity index (χ1n) is 6.79. The van der Waals surface area contributed by atoms with Gasteiger partial charge in [0.05, 0.1) is 25.5 Å². The summed E-state index contributed by atoms with van der Waals surface area (Å²) in [6.07, 6.45) is -6.09. The summed E-state index contributed by atoms with van der Waals surface area (Å²) < 4.78 is 5.11. The van der Waals surface area contributed by atoms with Gasteiger partial charge in [-0.3, -0.25) is 0 Å². The van der Waals surface area contributed by atoms with E-state index in [1.165, 1.54) is 7.11 Å². The second-order valence-electron chi connectivity index (χ2n) is 5.11. The number of nitrogens with zero attached hydrogens (tertiary/aromatic N) is 1. The second kappa shape index (κ2) is 8.16. The van der Waals surface area contributed by atoms with Gasteiger partial charge < -0.3 is 40.9 Å². The Hall–Kier alpha value is -1.58. The first-order valence-corrected chi connectivity index (χ1v) is 6.79. The quantitative estimate of drug-likeness (QED) is 0.307. The Morgan fingerprint density at radius 1 is 1.14 bits per heavy atom. The molecule has 0 bridgehead atoms. The minimum absolute atomic E-state index is 0.0105. The van der Waals surface area contributed by atoms with Crippen molar-refractivity contribution >= 4 is 11.4 Å². The first-order chi connectivity index (χ1) is 10.3. The third-order valence-electron chi connectivity index (χ3n) is 3.44. The molecule has 0 spiro atoms. The van der Waals surface area contributed by atoms with E-state index in [2.05, 4.69) is 0 Å². The molecule has 0 saturated heterocycles. The minimum Gasteiger partial charge on any atom is -0.495 e. The summed E-state index contributed by atoms with van der Waals surface area (Å²) in [6, 6.07) is 5.04. The van der Waals surface area contributed by atoms with Gasteiger partial charge >= 0.3 is 0 Å². The summed E-state index contributed by atoms with van der Waals surface area (Å²) in [5.41, 5.74) is 6.88. The number of benzene rings is 1. The summed E-state index contributed by atoms with van der Waals surface area (Å²) >= 11 is 0. The number of nitrogens with two attached hydrogens (primary N) is 1. The summed E-state index contributed by atoms with van der Waals surface area (Å²) in [7, 11) is 3.16. The van der Waals surface area contributed by atoms with Crippen LogP contribution in [0.2, 0.25) is 0 Å². The Morgan fingerprint density at radius 2 is 1.73 bits per heavy atom. The number of aliphatic hydroxyl groups is 5. The minimum atomic E-state index is -1.64. The van der Waals surface area contributed by atoms with Crippen LogP contribution < -0.4 is 15.4 Å². The molecule has 4 atom stereocenters. The van der Waals surface area contributed by atoms with Crippen LogP contribution in [0.15, 0.2) is 18.2 Å². The molecule has 8 heteroatoms. The van der Waals surface area contributed by atoms with Crippen LogP contribution in [0.5, 0.6) is 5.75 Å². The fraction of sp³-hybridized carbons (Fsp3) is 0.571. The van der Waals surface area contributed by atoms with Crippen molar-refractivity contribution in [2.24, 2.45) is 0 Å². The number of rotatable bonds is 8. The van der Waals surface area contributed by atoms with Crippen molar-refractivity contribution in [1.82, 2.24) is 0 Å². The zero-order valence-electron chi connectivity index (χ0n) is 12.6. The Labute approximate surface area is 129 Å². The molecule has 4 unspecified atom stereocenters. The summed E-state index contributed by atoms with van der Waals surface area (Å²) in [5.74, 6) is 0.482. The molecule has 0 fully saturated rings. The molecule has 0 aliphatic rings. The van der Waals surface area contributed by atoms with Crippen LogP contribution in [0.3, 0.4) is 0 Å². The number of ether oxygens (including phenoxy) is 1. The highest BCUT2D eigenvalue weighted by Crippen LogP contribution is 2.27. The SMILES string of the molecule is COc1cc(N(C)CC(O)C(O)C(O)C(O)CO)ccc1N. The number of aliphatic hydroxyl groups excluding tert-OH is 5. The number of nitrogen functional groups attached to an aromatic ring is 1. The van der Waals surface area contributed by atoms with Crippen molar-refractivity contribution in [2.45, 2.75) is 24.4 Å². The van der Waals surface area contributed by atoms with E-state index in [0.29, 0.717) is 17.1 Å². The molecule has 0 aromatic heterocycles. The average Bonchev–Trinajstić information content (AvgIpc) is 2.52. The summed E-state index contributed by atoms with van der Waals surface area (Å²) in [4.78, 5) is 1.63. The molecule has 1 aromatic carbocycles. The normalized spacial score (nSPS) is 16.7. The van der Waals surface area contributed by atoms with Crippen molar-refractivity contribution in [3.05, 3.63) is 18.2 Å². The molecule has 8 nitrogen and oxygen atoms in total. The highest BCUT2D eigenvalue weighted by molar-refractivity contribution is 5.62. The highest BCUT2D eigenvalue weighted by atomic mass is 16.5. The number of methoxy groups -OCH3 is 1. The van der Waals surface area contributed by atoms with Crippen molar-refractivity contribution in [3.63, 3.8) is 0 Å². The van der Waals surface area contributed by atoms with E-state index in [1.54, 1.807) is 30.1 Å². The largest absolute Gasteiger partial charge is 0.495 e. The smallest absolute Gasteiger partial charge is 0.143 e. The zero-order valence-corrected chi connectivity index (χ0v) is 12.6. The lowest BCUT2D eigenvalue weighted by Gasteiger charge is -2.29. The summed E-state index contributed by atoms with van der Waals surface area (Å²) in [5, 5.41) is 47.3. The molecule has 0 aliphatic carbocycles. The van der Waals surface area contributed by atoms with Crippen LogP contribution in [0, 0.1) is 0 Å². The number of hydrogen-bond donors (Lipinski definition) is 6. The van der Waals surface area contributed by atoms with Gasteiger partial charge in [-0.05, 0) is 12.1 Å². The fourth-order valence-corrected chi connectivity index (χ4v) is 1.99. The number of likely N-dealkylation sites (N-methyl/N-ethyl adjacent to an activating group) is 1. The summed E-state index contributed by atoms with van der Waals surface area (Å²) in [6.45, 7) is -0.723. The molecule has 0 amide bonds. The monoisotopic (exact) mass is 316 g/mol. The molecule has 22 heavy (non-hydrogen) atoms. The predicted octanol–water partition coefficient (Wildman–Crippen LogP) is -1.85. The Morgan fingerprint density at radius 3 is 2.27 bits per heavy atom. The van der Waals surface area contributed by atoms with E-state index >= 15 is 0 Å². The van der Waals surface area contributed by atoms with Crippen molar-refractivity contribution < 1.29 is 30.3 Å². The first kappa shape index (κ1) is 18.5. The lowest BCUT2D eigenvalue weighted by atomic mass is 10.0. The van der Waals surface area contributed by atoms with E-state index in [-0.39, 0.29) is 6.54 Å². The van der Waals surface area contributed by atoms with Gasteiger partial charge in [0, 0.05) is 25.3 Å². The van der Waals surface area contributed by atoms with Crippen molar-refractivity contribution in [2.75, 3.05) is 37.9 Å². The van der Waals surface area contributed by atoms with Crippen LogP contribution in [-0.2, 0) is 0 Å². The van der Waals surface area contributed by atoms with Crippen molar-refractivity contribution in [1.29, 1.82) is 0 Å². The topological polar surface area (TPSA) is 140 Å². The maximum atomic E-state index is 9.94. The predicted molar refractivity (Wildman–Crippen MR) is 81.8 cm³/mol. The standard InChI is InChI=1S/C14H24N2O6/c1-16(8-3-4-9(15)12(5-8)22-2)6-10(18)13(20)14(21)11(19)7-17/h3-5,10-11,13-14,17-21H,6-7,15H2,1-2H3. The molecule has 0 aliphatic heterocycles. The second-order valence-corrected chi connectivity index (χ2v) is 5.11. The van der Waals surface area contributed by atoms with E-state index in [1.807, 2.05) is 0 Å². The molecule has 0 saturated carbocycles. The van der Waals surface area contributed by atoms with Gasteiger partial charge in [0.2, 0.25) is 0 Å². The molecular weight excluding hydrogens is 292 g/mol. The third-order valence-corrected chi connectivity index (χ3v) is 3.44. The molecular formula is C14H24N2O6. The zero-order chi connectivity index (χ0) is 16.9. The molecule has 1 aromatic rings. The van der Waals surface area contributed by atoms with E-state index in [4.69, 9.17) is 15.6 Å². The van der Waals surface area contributed by atoms with Gasteiger partial charge in [-0.15, -0.1) is 0 Å². The lowest BCUT2D eigenvalue weighted by molar-refractivity contribution is -0.112. The Balaban J connectivity index is 2.73. The molecule has 0 heterocycles. The van der Waals surface area contributed by atoms with Crippen molar-refractivity contribution in [3.8, 4) is 5.75 Å². The molecule has 0 radical (unpaired) electrons. The molecule has 126 valence electrons. The maximum absolute atomic E-state index is 9.94. The van der Waals surface area contributed by atoms with E-state index in [9.17, 15) is 20.4 Å². The number of anilines is 2. The Kier molecular flexibility index (Phi) is 6.85. The average molecular weight is 316 g/mol. The van der Waals surface area contributed by atoms with Gasteiger partial charge in [0.25, 0.3) is 0 Å². The third kappa shape index (κ3) is 4.46. The van der Waals surface area contributed by atoms with E-state index < -0.39 is 31.0 Å². The van der Waals surface area contributed by atoms with Gasteiger partial charge in [-0.2, -0.15) is 0 Å². The Bertz CT molecular complexity index is 473. The maximum Gasteiger partial charge on any atom is 0.143 e. The van der Waals surface area contributed by atoms with Crippen LogP contribution in [-0.4, -0.2) is 77.3 Å². The van der Waals surface area contributed by atoms with Gasteiger partial charge in [0.15, 0.2) is 0 Å². The fourth-order valence-electron chi connectivity index (χ4n) is 1.99. The van der Waals surface area contributed by atoms with Gasteiger partial charge in [-0.25, -0.2) is 0 Å². The number of hydrogen-bond acceptors (Lipinski definition) is 8. The highest BCUT2D eigenvalue weighted by Gasteiger charge is 2.30. The van der Waals surface area contributed by atoms with Gasteiger partial charge in [-0.1, -0.05) is 0 Å². The van der Waals surface area contributed by atoms with Crippen LogP contribution >= 0.6 is 0 Å². The van der Waals surface area contributed by atoms with Crippen LogP contribution in [0.4, 0.5) is 11.4 Å². The van der Waals surface area contributed by atoms with E-state index in [0.717, 1.165) is 0 Å². The lowest BCUT2D eigenvalue weighted by Crippen LogP contribution is -2.49. The van der Waals surface area contributed by atoms with Crippen LogP contribution in [0.25, 0.3) is 0 Å². The molecule has 1 rings (SSSR count). The molecule has 7 N–H and O–H groups in total.